The summed E-state index contributed by atoms with van der Waals surface area (Å²) in [7, 11) is 0. The third-order valence-electron chi connectivity index (χ3n) is 1.57. The summed E-state index contributed by atoms with van der Waals surface area (Å²) >= 11 is 0. The number of carbonyl (C=O) groups excluding carboxylic acids is 1. The standard InChI is InChI=1S/C9H11NO2/c10-6-9(12)5-7-1-3-8(11)4-2-7/h1-4,11H,5-6,10H2. The summed E-state index contributed by atoms with van der Waals surface area (Å²) in [5, 5.41) is 8.94. The molecule has 0 aliphatic heterocycles. The molecule has 0 aromatic heterocycles. The van der Waals surface area contributed by atoms with Gasteiger partial charge in [-0.2, -0.15) is 0 Å². The van der Waals surface area contributed by atoms with Crippen molar-refractivity contribution < 1.29 is 9.90 Å². The molecule has 0 unspecified atom stereocenters. The number of hydrogen-bond acceptors (Lipinski definition) is 3. The second kappa shape index (κ2) is 3.88. The Balaban J connectivity index is 2.64. The number of aromatic hydroxyl groups is 1. The molecule has 3 heteroatoms. The summed E-state index contributed by atoms with van der Waals surface area (Å²) in [5.74, 6) is 0.208. The van der Waals surface area contributed by atoms with E-state index < -0.39 is 0 Å². The second-order valence-corrected chi connectivity index (χ2v) is 2.59. The minimum atomic E-state index is 0.000639. The molecule has 0 heterocycles. The Kier molecular flexibility index (Phi) is 2.82. The highest BCUT2D eigenvalue weighted by Crippen LogP contribution is 2.09. The van der Waals surface area contributed by atoms with Crippen molar-refractivity contribution >= 4 is 5.78 Å². The van der Waals surface area contributed by atoms with Gasteiger partial charge in [-0.25, -0.2) is 0 Å². The number of nitrogens with two attached hydrogens (primary N) is 1. The van der Waals surface area contributed by atoms with E-state index in [1.807, 2.05) is 0 Å². The van der Waals surface area contributed by atoms with Gasteiger partial charge in [-0.1, -0.05) is 12.1 Å². The number of carbonyl (C=O) groups is 1. The van der Waals surface area contributed by atoms with Crippen LogP contribution in [0.5, 0.6) is 5.75 Å². The van der Waals surface area contributed by atoms with Gasteiger partial charge in [0.2, 0.25) is 0 Å². The largest absolute Gasteiger partial charge is 0.508 e. The predicted octanol–water partition coefficient (Wildman–Crippen LogP) is 0.462. The molecule has 12 heavy (non-hydrogen) atoms. The van der Waals surface area contributed by atoms with Crippen molar-refractivity contribution in [2.75, 3.05) is 6.54 Å². The van der Waals surface area contributed by atoms with Crippen LogP contribution in [-0.2, 0) is 11.2 Å². The Morgan fingerprint density at radius 3 is 2.42 bits per heavy atom. The van der Waals surface area contributed by atoms with Gasteiger partial charge < -0.3 is 10.8 Å². The molecule has 0 aliphatic rings. The number of phenols is 1. The van der Waals surface area contributed by atoms with Gasteiger partial charge in [0.15, 0.2) is 5.78 Å². The van der Waals surface area contributed by atoms with Gasteiger partial charge in [-0.05, 0) is 17.7 Å². The zero-order valence-corrected chi connectivity index (χ0v) is 6.66. The summed E-state index contributed by atoms with van der Waals surface area (Å²) in [5.41, 5.74) is 6.03. The topological polar surface area (TPSA) is 63.3 Å². The Morgan fingerprint density at radius 1 is 1.33 bits per heavy atom. The van der Waals surface area contributed by atoms with Crippen molar-refractivity contribution in [2.45, 2.75) is 6.42 Å². The first-order chi connectivity index (χ1) is 5.72. The molecule has 3 nitrogen and oxygen atoms in total. The number of Topliss-reactive ketones (excluding diaryl/α,β-unsaturated/α-hetero) is 1. The van der Waals surface area contributed by atoms with Crippen molar-refractivity contribution in [3.8, 4) is 5.75 Å². The van der Waals surface area contributed by atoms with E-state index in [1.54, 1.807) is 24.3 Å². The van der Waals surface area contributed by atoms with Crippen LogP contribution in [0.2, 0.25) is 0 Å². The first kappa shape index (κ1) is 8.74. The molecule has 0 fully saturated rings. The highest BCUT2D eigenvalue weighted by molar-refractivity contribution is 5.82. The third-order valence-corrected chi connectivity index (χ3v) is 1.57. The number of benzene rings is 1. The molecule has 1 aromatic rings. The van der Waals surface area contributed by atoms with Gasteiger partial charge >= 0.3 is 0 Å². The van der Waals surface area contributed by atoms with E-state index in [9.17, 15) is 4.79 Å². The highest BCUT2D eigenvalue weighted by atomic mass is 16.3. The fourth-order valence-electron chi connectivity index (χ4n) is 0.914. The Labute approximate surface area is 70.8 Å². The number of phenolic OH excluding ortho intramolecular Hbond substituents is 1. The van der Waals surface area contributed by atoms with Gasteiger partial charge in [0, 0.05) is 6.42 Å². The summed E-state index contributed by atoms with van der Waals surface area (Å²) in [4.78, 5) is 10.9. The average Bonchev–Trinajstić information content (AvgIpc) is 2.09. The molecular weight excluding hydrogens is 154 g/mol. The van der Waals surface area contributed by atoms with Crippen LogP contribution >= 0.6 is 0 Å². The second-order valence-electron chi connectivity index (χ2n) is 2.59. The molecule has 3 N–H and O–H groups in total. The van der Waals surface area contributed by atoms with Crippen molar-refractivity contribution in [1.29, 1.82) is 0 Å². The lowest BCUT2D eigenvalue weighted by molar-refractivity contribution is -0.117. The third kappa shape index (κ3) is 2.36. The normalized spacial score (nSPS) is 9.75. The van der Waals surface area contributed by atoms with Crippen LogP contribution in [0.1, 0.15) is 5.56 Å². The van der Waals surface area contributed by atoms with Crippen molar-refractivity contribution in [1.82, 2.24) is 0 Å². The van der Waals surface area contributed by atoms with Crippen LogP contribution in [0.4, 0.5) is 0 Å². The lowest BCUT2D eigenvalue weighted by Crippen LogP contribution is -2.15. The van der Waals surface area contributed by atoms with E-state index in [0.29, 0.717) is 6.42 Å². The Morgan fingerprint density at radius 2 is 1.92 bits per heavy atom. The van der Waals surface area contributed by atoms with Crippen LogP contribution in [-0.4, -0.2) is 17.4 Å². The van der Waals surface area contributed by atoms with E-state index in [2.05, 4.69) is 0 Å². The van der Waals surface area contributed by atoms with Gasteiger partial charge in [-0.3, -0.25) is 4.79 Å². The minimum absolute atomic E-state index is 0.000639. The van der Waals surface area contributed by atoms with E-state index in [1.165, 1.54) is 0 Å². The van der Waals surface area contributed by atoms with Crippen molar-refractivity contribution in [2.24, 2.45) is 5.73 Å². The summed E-state index contributed by atoms with van der Waals surface area (Å²) in [6.07, 6.45) is 0.344. The molecule has 0 spiro atoms. The van der Waals surface area contributed by atoms with E-state index in [0.717, 1.165) is 5.56 Å². The lowest BCUT2D eigenvalue weighted by Gasteiger charge is -1.98. The molecule has 0 bridgehead atoms. The van der Waals surface area contributed by atoms with Crippen LogP contribution in [0, 0.1) is 0 Å². The maximum Gasteiger partial charge on any atom is 0.150 e. The zero-order valence-electron chi connectivity index (χ0n) is 6.66. The molecular formula is C9H11NO2. The Hall–Kier alpha value is -1.35. The molecule has 0 atom stereocenters. The number of ketones is 1. The smallest absolute Gasteiger partial charge is 0.150 e. The van der Waals surface area contributed by atoms with Crippen LogP contribution in [0.3, 0.4) is 0 Å². The minimum Gasteiger partial charge on any atom is -0.508 e. The van der Waals surface area contributed by atoms with Crippen molar-refractivity contribution in [3.05, 3.63) is 29.8 Å². The quantitative estimate of drug-likeness (QED) is 0.684. The van der Waals surface area contributed by atoms with E-state index in [-0.39, 0.29) is 18.1 Å². The van der Waals surface area contributed by atoms with Crippen LogP contribution in [0.15, 0.2) is 24.3 Å². The Bertz CT molecular complexity index is 266. The summed E-state index contributed by atoms with van der Waals surface area (Å²) < 4.78 is 0. The molecule has 0 aliphatic carbocycles. The predicted molar refractivity (Wildman–Crippen MR) is 45.9 cm³/mol. The fourth-order valence-corrected chi connectivity index (χ4v) is 0.914. The molecule has 0 saturated heterocycles. The monoisotopic (exact) mass is 165 g/mol. The van der Waals surface area contributed by atoms with E-state index >= 15 is 0 Å². The van der Waals surface area contributed by atoms with Gasteiger partial charge in [0.05, 0.1) is 6.54 Å². The van der Waals surface area contributed by atoms with Crippen LogP contribution in [0.25, 0.3) is 0 Å². The maximum absolute atomic E-state index is 10.9. The lowest BCUT2D eigenvalue weighted by atomic mass is 10.1. The molecule has 1 aromatic carbocycles. The fraction of sp³-hybridized carbons (Fsp3) is 0.222. The first-order valence-electron chi connectivity index (χ1n) is 3.72. The van der Waals surface area contributed by atoms with Gasteiger partial charge in [-0.15, -0.1) is 0 Å². The molecule has 1 rings (SSSR count). The molecule has 64 valence electrons. The summed E-state index contributed by atoms with van der Waals surface area (Å²) in [6, 6.07) is 6.53. The zero-order chi connectivity index (χ0) is 8.97. The highest BCUT2D eigenvalue weighted by Gasteiger charge is 1.99. The molecule has 0 amide bonds. The van der Waals surface area contributed by atoms with E-state index in [4.69, 9.17) is 10.8 Å². The molecule has 0 saturated carbocycles. The van der Waals surface area contributed by atoms with Crippen molar-refractivity contribution in [3.63, 3.8) is 0 Å². The first-order valence-corrected chi connectivity index (χ1v) is 3.72. The number of hydrogen-bond donors (Lipinski definition) is 2. The average molecular weight is 165 g/mol. The maximum atomic E-state index is 10.9. The van der Waals surface area contributed by atoms with Crippen LogP contribution < -0.4 is 5.73 Å². The SMILES string of the molecule is NCC(=O)Cc1ccc(O)cc1. The van der Waals surface area contributed by atoms with Gasteiger partial charge in [0.1, 0.15) is 5.75 Å². The van der Waals surface area contributed by atoms with Gasteiger partial charge in [0.25, 0.3) is 0 Å². The number of rotatable bonds is 3. The summed E-state index contributed by atoms with van der Waals surface area (Å²) in [6.45, 7) is 0.0703. The molecule has 0 radical (unpaired) electrons.